The maximum Gasteiger partial charge on any atom is 0.227 e. The summed E-state index contributed by atoms with van der Waals surface area (Å²) in [5.41, 5.74) is 2.35. The summed E-state index contributed by atoms with van der Waals surface area (Å²) in [5, 5.41) is 0. The number of rotatable bonds is 2. The molecule has 4 heteroatoms. The van der Waals surface area contributed by atoms with Gasteiger partial charge in [-0.2, -0.15) is 12.6 Å². The molecule has 1 saturated heterocycles. The Morgan fingerprint density at radius 2 is 2.11 bits per heavy atom. The standard InChI is InChI=1S/C15H20BrNOS/c1-15(2,3)11-4-5-13(12(16)7-11)17-8-10(9-19)6-14(17)18/h4-5,7,10,19H,6,8-9H2,1-3H3. The molecule has 0 spiro atoms. The van der Waals surface area contributed by atoms with E-state index in [0.29, 0.717) is 12.3 Å². The molecule has 1 atom stereocenters. The Labute approximate surface area is 129 Å². The summed E-state index contributed by atoms with van der Waals surface area (Å²) < 4.78 is 0.994. The first kappa shape index (κ1) is 14.9. The van der Waals surface area contributed by atoms with E-state index in [1.54, 1.807) is 0 Å². The highest BCUT2D eigenvalue weighted by Gasteiger charge is 2.31. The summed E-state index contributed by atoms with van der Waals surface area (Å²) in [4.78, 5) is 13.9. The highest BCUT2D eigenvalue weighted by molar-refractivity contribution is 9.10. The lowest BCUT2D eigenvalue weighted by Crippen LogP contribution is -2.25. The first-order valence-corrected chi connectivity index (χ1v) is 7.96. The fraction of sp³-hybridized carbons (Fsp3) is 0.533. The Kier molecular flexibility index (Phi) is 4.31. The van der Waals surface area contributed by atoms with Crippen LogP contribution in [0.15, 0.2) is 22.7 Å². The topological polar surface area (TPSA) is 20.3 Å². The van der Waals surface area contributed by atoms with Crippen molar-refractivity contribution in [2.24, 2.45) is 5.92 Å². The molecular weight excluding hydrogens is 322 g/mol. The predicted octanol–water partition coefficient (Wildman–Crippen LogP) is 4.03. The van der Waals surface area contributed by atoms with Gasteiger partial charge < -0.3 is 4.90 Å². The number of thiol groups is 1. The Morgan fingerprint density at radius 1 is 1.42 bits per heavy atom. The lowest BCUT2D eigenvalue weighted by atomic mass is 9.87. The van der Waals surface area contributed by atoms with E-state index in [0.717, 1.165) is 22.5 Å². The molecule has 1 aromatic rings. The average Bonchev–Trinajstić information content (AvgIpc) is 2.69. The number of carbonyl (C=O) groups is 1. The minimum absolute atomic E-state index is 0.115. The number of halogens is 1. The highest BCUT2D eigenvalue weighted by atomic mass is 79.9. The molecule has 0 N–H and O–H groups in total. The molecular formula is C15H20BrNOS. The zero-order valence-corrected chi connectivity index (χ0v) is 14.1. The normalized spacial score (nSPS) is 20.2. The smallest absolute Gasteiger partial charge is 0.227 e. The molecule has 0 radical (unpaired) electrons. The number of amides is 1. The van der Waals surface area contributed by atoms with Crippen LogP contribution < -0.4 is 4.90 Å². The van der Waals surface area contributed by atoms with Crippen LogP contribution in [-0.2, 0) is 10.2 Å². The highest BCUT2D eigenvalue weighted by Crippen LogP contribution is 2.35. The van der Waals surface area contributed by atoms with Crippen LogP contribution in [0.3, 0.4) is 0 Å². The van der Waals surface area contributed by atoms with Crippen LogP contribution in [0.25, 0.3) is 0 Å². The molecule has 1 unspecified atom stereocenters. The Balaban J connectivity index is 2.30. The van der Waals surface area contributed by atoms with Gasteiger partial charge in [-0.1, -0.05) is 26.8 Å². The van der Waals surface area contributed by atoms with Crippen molar-refractivity contribution in [3.8, 4) is 0 Å². The lowest BCUT2D eigenvalue weighted by Gasteiger charge is -2.23. The Hall–Kier alpha value is -0.480. The molecule has 19 heavy (non-hydrogen) atoms. The van der Waals surface area contributed by atoms with E-state index in [1.165, 1.54) is 5.56 Å². The number of anilines is 1. The average molecular weight is 342 g/mol. The second-order valence-electron chi connectivity index (χ2n) is 6.17. The van der Waals surface area contributed by atoms with Crippen LogP contribution in [0, 0.1) is 5.92 Å². The summed E-state index contributed by atoms with van der Waals surface area (Å²) in [7, 11) is 0. The third-order valence-corrected chi connectivity index (χ3v) is 4.72. The number of carbonyl (C=O) groups excluding carboxylic acids is 1. The summed E-state index contributed by atoms with van der Waals surface area (Å²) in [5.74, 6) is 1.33. The van der Waals surface area contributed by atoms with E-state index in [2.05, 4.69) is 61.5 Å². The number of benzene rings is 1. The number of hydrogen-bond donors (Lipinski definition) is 1. The van der Waals surface area contributed by atoms with E-state index >= 15 is 0 Å². The van der Waals surface area contributed by atoms with Gasteiger partial charge in [0.2, 0.25) is 5.91 Å². The van der Waals surface area contributed by atoms with E-state index < -0.39 is 0 Å². The van der Waals surface area contributed by atoms with Crippen molar-refractivity contribution in [1.29, 1.82) is 0 Å². The zero-order chi connectivity index (χ0) is 14.2. The van der Waals surface area contributed by atoms with Gasteiger partial charge in [0.25, 0.3) is 0 Å². The van der Waals surface area contributed by atoms with E-state index in [-0.39, 0.29) is 11.3 Å². The van der Waals surface area contributed by atoms with Crippen molar-refractivity contribution >= 4 is 40.2 Å². The van der Waals surface area contributed by atoms with Gasteiger partial charge in [0, 0.05) is 17.4 Å². The molecule has 0 aliphatic carbocycles. The SMILES string of the molecule is CC(C)(C)c1ccc(N2CC(CS)CC2=O)c(Br)c1. The minimum atomic E-state index is 0.115. The van der Waals surface area contributed by atoms with Crippen LogP contribution in [0.5, 0.6) is 0 Å². The Morgan fingerprint density at radius 3 is 2.58 bits per heavy atom. The molecule has 2 rings (SSSR count). The second-order valence-corrected chi connectivity index (χ2v) is 7.39. The quantitative estimate of drug-likeness (QED) is 0.805. The molecule has 2 nitrogen and oxygen atoms in total. The molecule has 0 bridgehead atoms. The third kappa shape index (κ3) is 3.16. The summed E-state index contributed by atoms with van der Waals surface area (Å²) in [6.45, 7) is 7.33. The van der Waals surface area contributed by atoms with Crippen molar-refractivity contribution in [2.75, 3.05) is 17.2 Å². The van der Waals surface area contributed by atoms with Gasteiger partial charge in [-0.25, -0.2) is 0 Å². The van der Waals surface area contributed by atoms with Crippen molar-refractivity contribution in [2.45, 2.75) is 32.6 Å². The first-order chi connectivity index (χ1) is 8.82. The molecule has 1 heterocycles. The third-order valence-electron chi connectivity index (χ3n) is 3.57. The van der Waals surface area contributed by atoms with Crippen molar-refractivity contribution < 1.29 is 4.79 Å². The molecule has 1 amide bonds. The van der Waals surface area contributed by atoms with Crippen molar-refractivity contribution in [3.05, 3.63) is 28.2 Å². The van der Waals surface area contributed by atoms with Gasteiger partial charge in [-0.3, -0.25) is 4.79 Å². The monoisotopic (exact) mass is 341 g/mol. The molecule has 0 saturated carbocycles. The largest absolute Gasteiger partial charge is 0.311 e. The number of hydrogen-bond acceptors (Lipinski definition) is 2. The molecule has 0 aromatic heterocycles. The molecule has 1 aromatic carbocycles. The fourth-order valence-electron chi connectivity index (χ4n) is 2.33. The fourth-order valence-corrected chi connectivity index (χ4v) is 3.17. The van der Waals surface area contributed by atoms with Crippen LogP contribution in [0.1, 0.15) is 32.8 Å². The predicted molar refractivity (Wildman–Crippen MR) is 87.2 cm³/mol. The minimum Gasteiger partial charge on any atom is -0.311 e. The summed E-state index contributed by atoms with van der Waals surface area (Å²) in [6.07, 6.45) is 0.608. The van der Waals surface area contributed by atoms with Gasteiger partial charge >= 0.3 is 0 Å². The van der Waals surface area contributed by atoms with Gasteiger partial charge in [0.15, 0.2) is 0 Å². The second kappa shape index (κ2) is 5.49. The molecule has 1 aliphatic rings. The van der Waals surface area contributed by atoms with Crippen LogP contribution in [0.2, 0.25) is 0 Å². The maximum atomic E-state index is 12.0. The zero-order valence-electron chi connectivity index (χ0n) is 11.6. The van der Waals surface area contributed by atoms with Crippen LogP contribution in [0.4, 0.5) is 5.69 Å². The van der Waals surface area contributed by atoms with Gasteiger partial charge in [-0.15, -0.1) is 0 Å². The van der Waals surface area contributed by atoms with Crippen molar-refractivity contribution in [1.82, 2.24) is 0 Å². The summed E-state index contributed by atoms with van der Waals surface area (Å²) >= 11 is 7.90. The lowest BCUT2D eigenvalue weighted by molar-refractivity contribution is -0.117. The maximum absolute atomic E-state index is 12.0. The summed E-state index contributed by atoms with van der Waals surface area (Å²) in [6, 6.07) is 6.28. The van der Waals surface area contributed by atoms with E-state index in [9.17, 15) is 4.79 Å². The molecule has 104 valence electrons. The van der Waals surface area contributed by atoms with Gasteiger partial charge in [-0.05, 0) is 50.7 Å². The van der Waals surface area contributed by atoms with Crippen LogP contribution >= 0.6 is 28.6 Å². The van der Waals surface area contributed by atoms with E-state index in [4.69, 9.17) is 0 Å². The molecule has 1 fully saturated rings. The van der Waals surface area contributed by atoms with Gasteiger partial charge in [0.05, 0.1) is 5.69 Å². The first-order valence-electron chi connectivity index (χ1n) is 6.54. The van der Waals surface area contributed by atoms with Crippen molar-refractivity contribution in [3.63, 3.8) is 0 Å². The molecule has 1 aliphatic heterocycles. The van der Waals surface area contributed by atoms with E-state index in [1.807, 2.05) is 11.0 Å². The van der Waals surface area contributed by atoms with Crippen LogP contribution in [-0.4, -0.2) is 18.2 Å². The Bertz CT molecular complexity index is 495. The van der Waals surface area contributed by atoms with Gasteiger partial charge in [0.1, 0.15) is 0 Å². The number of nitrogens with zero attached hydrogens (tertiary/aromatic N) is 1.